The van der Waals surface area contributed by atoms with Crippen molar-refractivity contribution in [1.29, 1.82) is 0 Å². The van der Waals surface area contributed by atoms with Gasteiger partial charge in [0.05, 0.1) is 0 Å². The summed E-state index contributed by atoms with van der Waals surface area (Å²) in [4.78, 5) is 4.38. The van der Waals surface area contributed by atoms with Gasteiger partial charge in [0, 0.05) is 23.7 Å². The second-order valence-electron chi connectivity index (χ2n) is 5.68. The molecular weight excluding hydrogens is 349 g/mol. The number of nitrogens with zero attached hydrogens (tertiary/aromatic N) is 2. The van der Waals surface area contributed by atoms with Gasteiger partial charge in [-0.3, -0.25) is 0 Å². The van der Waals surface area contributed by atoms with Crippen LogP contribution in [0.2, 0.25) is 0 Å². The fourth-order valence-corrected chi connectivity index (χ4v) is 4.14. The van der Waals surface area contributed by atoms with Crippen molar-refractivity contribution in [3.05, 3.63) is 65.7 Å². The molecule has 1 aromatic heterocycles. The number of aromatic nitrogens is 1. The maximum atomic E-state index is 13.7. The largest absolute Gasteiger partial charge is 0.481 e. The van der Waals surface area contributed by atoms with Gasteiger partial charge in [-0.05, 0) is 12.1 Å². The average Bonchev–Trinajstić information content (AvgIpc) is 3.15. The molecule has 0 saturated heterocycles. The van der Waals surface area contributed by atoms with Crippen molar-refractivity contribution in [3.8, 4) is 5.75 Å². The average molecular weight is 363 g/mol. The Kier molecular flexibility index (Phi) is 3.77. The molecule has 0 amide bonds. The molecule has 0 fully saturated rings. The Labute approximate surface area is 146 Å². The molecule has 0 saturated carbocycles. The summed E-state index contributed by atoms with van der Waals surface area (Å²) < 4.78 is 46.8. The Balaban J connectivity index is 2.08. The highest BCUT2D eigenvalue weighted by Crippen LogP contribution is 2.53. The first-order valence-corrected chi connectivity index (χ1v) is 8.59. The lowest BCUT2D eigenvalue weighted by atomic mass is 10.1. The van der Waals surface area contributed by atoms with Gasteiger partial charge >= 0.3 is 6.18 Å². The summed E-state index contributed by atoms with van der Waals surface area (Å²) in [5.74, 6) is 0.584. The van der Waals surface area contributed by atoms with Crippen molar-refractivity contribution in [3.63, 3.8) is 0 Å². The van der Waals surface area contributed by atoms with E-state index in [4.69, 9.17) is 4.74 Å². The third-order valence-corrected chi connectivity index (χ3v) is 5.21. The molecule has 2 heterocycles. The van der Waals surface area contributed by atoms with Crippen molar-refractivity contribution in [2.75, 3.05) is 13.2 Å². The molecule has 0 aliphatic carbocycles. The third kappa shape index (κ3) is 2.51. The fourth-order valence-electron chi connectivity index (χ4n) is 3.31. The normalized spacial score (nSPS) is 20.0. The molecule has 3 nitrogen and oxygen atoms in total. The van der Waals surface area contributed by atoms with Crippen molar-refractivity contribution >= 4 is 27.8 Å². The number of benzene rings is 2. The Bertz CT molecular complexity index is 895. The van der Waals surface area contributed by atoms with E-state index in [2.05, 4.69) is 4.98 Å². The molecule has 25 heavy (non-hydrogen) atoms. The zero-order chi connectivity index (χ0) is 17.5. The van der Waals surface area contributed by atoms with Gasteiger partial charge in [-0.15, -0.1) is 0 Å². The molecule has 1 atom stereocenters. The van der Waals surface area contributed by atoms with Crippen LogP contribution in [-0.4, -0.2) is 18.1 Å². The van der Waals surface area contributed by atoms with Crippen molar-refractivity contribution in [2.24, 2.45) is 0 Å². The molecule has 0 spiro atoms. The number of rotatable bonds is 2. The molecule has 128 valence electrons. The van der Waals surface area contributed by atoms with Crippen molar-refractivity contribution in [1.82, 2.24) is 9.47 Å². The molecule has 1 unspecified atom stereocenters. The first kappa shape index (κ1) is 16.1. The van der Waals surface area contributed by atoms with Gasteiger partial charge in [0.25, 0.3) is 5.13 Å². The molecule has 0 radical (unpaired) electrons. The van der Waals surface area contributed by atoms with Gasteiger partial charge in [-0.1, -0.05) is 35.6 Å². The number of hydrogen-bond donors (Lipinski definition) is 0. The van der Waals surface area contributed by atoms with Crippen LogP contribution in [0.15, 0.2) is 60.1 Å². The van der Waals surface area contributed by atoms with E-state index < -0.39 is 11.7 Å². The number of para-hydroxylation sites is 3. The number of halogens is 3. The zero-order valence-electron chi connectivity index (χ0n) is 13.0. The summed E-state index contributed by atoms with van der Waals surface area (Å²) in [7, 11) is 0. The van der Waals surface area contributed by atoms with E-state index in [0.717, 1.165) is 6.07 Å². The van der Waals surface area contributed by atoms with Crippen LogP contribution in [0.4, 0.5) is 29.7 Å². The van der Waals surface area contributed by atoms with Gasteiger partial charge in [0.1, 0.15) is 18.7 Å². The minimum atomic E-state index is -4.45. The van der Waals surface area contributed by atoms with E-state index in [-0.39, 0.29) is 10.2 Å². The Hall–Kier alpha value is -2.38. The van der Waals surface area contributed by atoms with Gasteiger partial charge in [-0.25, -0.2) is 0 Å². The summed E-state index contributed by atoms with van der Waals surface area (Å²) >= 11 is 1.34. The number of alkyl halides is 3. The molecule has 7 heteroatoms. The summed E-state index contributed by atoms with van der Waals surface area (Å²) in [6, 6.07) is 12.9. The van der Waals surface area contributed by atoms with E-state index in [1.54, 1.807) is 23.7 Å². The quantitative estimate of drug-likeness (QED) is 0.559. The lowest BCUT2D eigenvalue weighted by Gasteiger charge is -2.39. The maximum absolute atomic E-state index is 13.7. The second kappa shape index (κ2) is 5.86. The van der Waals surface area contributed by atoms with Crippen molar-refractivity contribution < 1.29 is 17.9 Å². The maximum Gasteiger partial charge on any atom is 0.422 e. The van der Waals surface area contributed by atoms with Gasteiger partial charge in [0.2, 0.25) is 0 Å². The van der Waals surface area contributed by atoms with E-state index in [9.17, 15) is 13.2 Å². The first-order valence-electron chi connectivity index (χ1n) is 7.71. The monoisotopic (exact) mass is 363 g/mol. The van der Waals surface area contributed by atoms with E-state index in [1.807, 2.05) is 18.2 Å². The topological polar surface area (TPSA) is 22.1 Å². The first-order chi connectivity index (χ1) is 12.0. The number of thiazole rings is 1. The van der Waals surface area contributed by atoms with Crippen LogP contribution < -0.4 is 9.22 Å². The highest BCUT2D eigenvalue weighted by atomic mass is 32.1. The number of fused-ring (bicyclic) bond motifs is 1. The Morgan fingerprint density at radius 3 is 2.44 bits per heavy atom. The number of hydrogen-bond acceptors (Lipinski definition) is 3. The lowest BCUT2D eigenvalue weighted by Crippen LogP contribution is -2.46. The van der Waals surface area contributed by atoms with E-state index in [0.29, 0.717) is 29.7 Å². The third-order valence-electron chi connectivity index (χ3n) is 4.33. The predicted octanol–water partition coefficient (Wildman–Crippen LogP) is 5.53. The van der Waals surface area contributed by atoms with Crippen LogP contribution in [0.25, 0.3) is 0 Å². The second-order valence-corrected chi connectivity index (χ2v) is 6.55. The minimum Gasteiger partial charge on any atom is -0.481 e. The lowest BCUT2D eigenvalue weighted by molar-refractivity contribution is -0.137. The highest BCUT2D eigenvalue weighted by molar-refractivity contribution is 7.13. The minimum absolute atomic E-state index is 0.0937. The summed E-state index contributed by atoms with van der Waals surface area (Å²) in [6.45, 7) is 0.653. The van der Waals surface area contributed by atoms with E-state index in [1.165, 1.54) is 23.5 Å². The molecule has 2 aromatic carbocycles. The number of quaternary nitrogens is 1. The molecule has 1 aliphatic rings. The van der Waals surface area contributed by atoms with Gasteiger partial charge in [0.15, 0.2) is 17.1 Å². The Morgan fingerprint density at radius 1 is 1.00 bits per heavy atom. The van der Waals surface area contributed by atoms with Crippen LogP contribution >= 0.6 is 11.3 Å². The summed E-state index contributed by atoms with van der Waals surface area (Å²) in [5.41, 5.74) is 0.183. The molecule has 0 bridgehead atoms. The smallest absolute Gasteiger partial charge is 0.422 e. The molecule has 0 N–H and O–H groups in total. The zero-order valence-corrected chi connectivity index (χ0v) is 13.8. The van der Waals surface area contributed by atoms with Crippen LogP contribution in [0.3, 0.4) is 0 Å². The number of ether oxygens (including phenoxy) is 1. The molecule has 1 aliphatic heterocycles. The van der Waals surface area contributed by atoms with E-state index >= 15 is 0 Å². The van der Waals surface area contributed by atoms with Crippen LogP contribution in [0, 0.1) is 0 Å². The Morgan fingerprint density at radius 2 is 1.72 bits per heavy atom. The van der Waals surface area contributed by atoms with Crippen LogP contribution in [-0.2, 0) is 6.18 Å². The fraction of sp³-hybridized carbons (Fsp3) is 0.167. The molecule has 4 rings (SSSR count). The predicted molar refractivity (Wildman–Crippen MR) is 91.5 cm³/mol. The summed E-state index contributed by atoms with van der Waals surface area (Å²) in [6.07, 6.45) is -2.83. The van der Waals surface area contributed by atoms with Crippen LogP contribution in [0.1, 0.15) is 5.56 Å². The van der Waals surface area contributed by atoms with Crippen molar-refractivity contribution in [2.45, 2.75) is 6.18 Å². The van der Waals surface area contributed by atoms with Gasteiger partial charge in [-0.2, -0.15) is 22.6 Å². The van der Waals surface area contributed by atoms with Gasteiger partial charge < -0.3 is 4.74 Å². The highest BCUT2D eigenvalue weighted by Gasteiger charge is 2.49. The molecule has 3 aromatic rings. The van der Waals surface area contributed by atoms with Crippen LogP contribution in [0.5, 0.6) is 5.75 Å². The standard InChI is InChI=1S/C18H14F3N2OS/c19-18(20,21)13-5-1-2-6-14(13)23(17-22-9-12-25-17)10-11-24-16-8-4-3-7-15(16)23/h1-9,12H,10-11H2/q+1. The molecular formula is C18H14F3N2OS+. The summed E-state index contributed by atoms with van der Waals surface area (Å²) in [5, 5.41) is 2.37. The SMILES string of the molecule is FC(F)(F)c1ccccc1[N+]1(c2nccs2)CCOc2ccccc21.